The zero-order valence-electron chi connectivity index (χ0n) is 17.2. The summed E-state index contributed by atoms with van der Waals surface area (Å²) in [7, 11) is 0. The van der Waals surface area contributed by atoms with Crippen LogP contribution in [0.1, 0.15) is 52.1 Å². The van der Waals surface area contributed by atoms with Gasteiger partial charge in [0.05, 0.1) is 17.5 Å². The Labute approximate surface area is 184 Å². The Balaban J connectivity index is 1.97. The number of nitroso groups, excluding NO2 is 1. The van der Waals surface area contributed by atoms with Gasteiger partial charge in [0.15, 0.2) is 0 Å². The number of hydrogen-bond donors (Lipinski definition) is 1. The van der Waals surface area contributed by atoms with Crippen molar-refractivity contribution < 1.29 is 14.7 Å². The van der Waals surface area contributed by atoms with Crippen LogP contribution in [0.3, 0.4) is 0 Å². The fourth-order valence-electron chi connectivity index (χ4n) is 3.22. The van der Waals surface area contributed by atoms with Gasteiger partial charge in [0.1, 0.15) is 5.82 Å². The Hall–Kier alpha value is -3.39. The molecule has 0 saturated heterocycles. The van der Waals surface area contributed by atoms with Crippen LogP contribution in [0.4, 0.5) is 0 Å². The number of carbonyl (C=O) groups excluding carboxylic acids is 1. The first-order valence-electron chi connectivity index (χ1n) is 9.99. The molecule has 0 aliphatic heterocycles. The highest BCUT2D eigenvalue weighted by molar-refractivity contribution is 7.09. The number of aryl methyl sites for hydroxylation is 1. The molecule has 3 rings (SSSR count). The minimum absolute atomic E-state index is 0.224. The number of carboxylic acid groups (broad SMARTS) is 1. The Bertz CT molecular complexity index is 1080. The van der Waals surface area contributed by atoms with Gasteiger partial charge in [-0.3, -0.25) is 4.79 Å². The molecule has 31 heavy (non-hydrogen) atoms. The molecule has 160 valence electrons. The summed E-state index contributed by atoms with van der Waals surface area (Å²) in [6, 6.07) is 10.5. The summed E-state index contributed by atoms with van der Waals surface area (Å²) in [6.07, 6.45) is 6.46. The predicted molar refractivity (Wildman–Crippen MR) is 120 cm³/mol. The number of carbonyl (C=O) groups is 2. The third kappa shape index (κ3) is 5.82. The molecule has 0 spiro atoms. The van der Waals surface area contributed by atoms with E-state index in [9.17, 15) is 14.5 Å². The van der Waals surface area contributed by atoms with E-state index in [1.165, 1.54) is 11.3 Å². The van der Waals surface area contributed by atoms with Crippen LogP contribution in [-0.4, -0.2) is 26.5 Å². The van der Waals surface area contributed by atoms with E-state index in [0.29, 0.717) is 24.2 Å². The molecule has 0 radical (unpaired) electrons. The Kier molecular flexibility index (Phi) is 7.61. The molecule has 0 atom stereocenters. The van der Waals surface area contributed by atoms with Gasteiger partial charge < -0.3 is 9.67 Å². The molecule has 0 aliphatic rings. The van der Waals surface area contributed by atoms with Gasteiger partial charge in [0.25, 0.3) is 0 Å². The number of rotatable bonds is 10. The summed E-state index contributed by atoms with van der Waals surface area (Å²) < 4.78 is 2.00. The maximum absolute atomic E-state index is 12.2. The van der Waals surface area contributed by atoms with Crippen molar-refractivity contribution in [3.8, 4) is 0 Å². The topological polar surface area (TPSA) is 102 Å². The van der Waals surface area contributed by atoms with E-state index in [1.807, 2.05) is 22.1 Å². The minimum atomic E-state index is -0.973. The van der Waals surface area contributed by atoms with Gasteiger partial charge in [-0.1, -0.05) is 31.5 Å². The maximum atomic E-state index is 12.2. The van der Waals surface area contributed by atoms with Crippen molar-refractivity contribution in [2.75, 3.05) is 0 Å². The first-order chi connectivity index (χ1) is 15.0. The van der Waals surface area contributed by atoms with Crippen LogP contribution in [0, 0.1) is 4.91 Å². The quantitative estimate of drug-likeness (QED) is 0.357. The molecule has 7 nitrogen and oxygen atoms in total. The third-order valence-electron chi connectivity index (χ3n) is 4.89. The number of hydrogen-bond acceptors (Lipinski definition) is 5. The second-order valence-electron chi connectivity index (χ2n) is 7.11. The molecule has 3 aromatic rings. The molecule has 1 N–H and O–H groups in total. The number of aromatic nitrogens is 2. The molecule has 0 saturated carbocycles. The monoisotopic (exact) mass is 437 g/mol. The standard InChI is InChI=1S/C23H23N3O4S/c1-2-3-6-21-24-14-19(12-18(22(27)25-30)13-20-5-4-11-31-20)26(21)15-16-7-9-17(10-8-16)23(28)29/h4-5,7-12,14H,2-3,6,13,15H2,1H3,(H,28,29)/b18-12+. The second kappa shape index (κ2) is 10.6. The van der Waals surface area contributed by atoms with Gasteiger partial charge in [-0.15, -0.1) is 16.2 Å². The van der Waals surface area contributed by atoms with Crippen molar-refractivity contribution in [1.82, 2.24) is 9.55 Å². The van der Waals surface area contributed by atoms with Gasteiger partial charge in [0, 0.05) is 35.0 Å². The van der Waals surface area contributed by atoms with Crippen molar-refractivity contribution in [1.29, 1.82) is 0 Å². The van der Waals surface area contributed by atoms with E-state index in [-0.39, 0.29) is 5.56 Å². The van der Waals surface area contributed by atoms with Gasteiger partial charge in [-0.05, 0) is 41.6 Å². The van der Waals surface area contributed by atoms with Crippen LogP contribution in [0.5, 0.6) is 0 Å². The molecule has 2 aromatic heterocycles. The van der Waals surface area contributed by atoms with Gasteiger partial charge in [-0.25, -0.2) is 9.78 Å². The normalized spacial score (nSPS) is 11.5. The minimum Gasteiger partial charge on any atom is -0.478 e. The molecule has 0 unspecified atom stereocenters. The van der Waals surface area contributed by atoms with E-state index in [0.717, 1.165) is 35.5 Å². The molecular weight excluding hydrogens is 414 g/mol. The highest BCUT2D eigenvalue weighted by atomic mass is 32.1. The van der Waals surface area contributed by atoms with Gasteiger partial charge >= 0.3 is 11.9 Å². The lowest BCUT2D eigenvalue weighted by Gasteiger charge is -2.12. The highest BCUT2D eigenvalue weighted by Gasteiger charge is 2.15. The number of nitrogens with zero attached hydrogens (tertiary/aromatic N) is 3. The van der Waals surface area contributed by atoms with Crippen LogP contribution in [-0.2, 0) is 24.2 Å². The van der Waals surface area contributed by atoms with Crippen LogP contribution in [0.15, 0.2) is 58.7 Å². The Morgan fingerprint density at radius 2 is 2.00 bits per heavy atom. The second-order valence-corrected chi connectivity index (χ2v) is 8.15. The smallest absolute Gasteiger partial charge is 0.335 e. The number of thiophene rings is 1. The zero-order chi connectivity index (χ0) is 22.2. The van der Waals surface area contributed by atoms with E-state index in [4.69, 9.17) is 5.11 Å². The van der Waals surface area contributed by atoms with E-state index in [1.54, 1.807) is 36.5 Å². The number of benzene rings is 1. The van der Waals surface area contributed by atoms with Crippen LogP contribution in [0.2, 0.25) is 0 Å². The van der Waals surface area contributed by atoms with Crippen molar-refractivity contribution in [2.24, 2.45) is 5.18 Å². The third-order valence-corrected chi connectivity index (χ3v) is 5.77. The van der Waals surface area contributed by atoms with Crippen molar-refractivity contribution in [3.05, 3.63) is 86.0 Å². The number of unbranched alkanes of at least 4 members (excludes halogenated alkanes) is 1. The molecule has 0 aliphatic carbocycles. The molecule has 1 aromatic carbocycles. The fourth-order valence-corrected chi connectivity index (χ4v) is 3.95. The summed E-state index contributed by atoms with van der Waals surface area (Å²) in [4.78, 5) is 39.7. The lowest BCUT2D eigenvalue weighted by Crippen LogP contribution is -2.09. The molecule has 8 heteroatoms. The lowest BCUT2D eigenvalue weighted by molar-refractivity contribution is -0.114. The predicted octanol–water partition coefficient (Wildman–Crippen LogP) is 4.95. The van der Waals surface area contributed by atoms with Crippen LogP contribution in [0.25, 0.3) is 6.08 Å². The highest BCUT2D eigenvalue weighted by Crippen LogP contribution is 2.20. The van der Waals surface area contributed by atoms with Crippen molar-refractivity contribution in [3.63, 3.8) is 0 Å². The summed E-state index contributed by atoms with van der Waals surface area (Å²) in [5, 5.41) is 13.6. The first-order valence-corrected chi connectivity index (χ1v) is 10.9. The van der Waals surface area contributed by atoms with Gasteiger partial charge in [0.2, 0.25) is 0 Å². The summed E-state index contributed by atoms with van der Waals surface area (Å²) >= 11 is 1.51. The van der Waals surface area contributed by atoms with Crippen molar-refractivity contribution >= 4 is 29.3 Å². The van der Waals surface area contributed by atoms with Gasteiger partial charge in [-0.2, -0.15) is 0 Å². The van der Waals surface area contributed by atoms with E-state index < -0.39 is 11.9 Å². The molecule has 0 bridgehead atoms. The number of imidazole rings is 1. The first kappa shape index (κ1) is 22.3. The summed E-state index contributed by atoms with van der Waals surface area (Å²) in [5.74, 6) is -0.890. The maximum Gasteiger partial charge on any atom is 0.335 e. The lowest BCUT2D eigenvalue weighted by atomic mass is 10.1. The average molecular weight is 438 g/mol. The molecule has 2 heterocycles. The summed E-state index contributed by atoms with van der Waals surface area (Å²) in [5.41, 5.74) is 2.15. The van der Waals surface area contributed by atoms with Crippen molar-refractivity contribution in [2.45, 2.75) is 39.2 Å². The average Bonchev–Trinajstić information content (AvgIpc) is 3.42. The fraction of sp³-hybridized carbons (Fsp3) is 0.261. The number of amides is 1. The number of aromatic carboxylic acids is 1. The zero-order valence-corrected chi connectivity index (χ0v) is 18.0. The molecular formula is C23H23N3O4S. The largest absolute Gasteiger partial charge is 0.478 e. The van der Waals surface area contributed by atoms with E-state index in [2.05, 4.69) is 17.1 Å². The van der Waals surface area contributed by atoms with Crippen LogP contribution < -0.4 is 0 Å². The van der Waals surface area contributed by atoms with E-state index >= 15 is 0 Å². The Morgan fingerprint density at radius 1 is 1.23 bits per heavy atom. The SMILES string of the molecule is CCCCc1ncc(/C=C(\Cc2cccs2)C(=O)N=O)n1Cc1ccc(C(=O)O)cc1. The Morgan fingerprint density at radius 3 is 2.61 bits per heavy atom. The number of carboxylic acids is 1. The van der Waals surface area contributed by atoms with Crippen LogP contribution >= 0.6 is 11.3 Å². The summed E-state index contributed by atoms with van der Waals surface area (Å²) in [6.45, 7) is 2.58. The molecule has 1 amide bonds. The molecule has 0 fully saturated rings.